The van der Waals surface area contributed by atoms with Crippen LogP contribution in [-0.4, -0.2) is 6.61 Å². The molecule has 0 spiro atoms. The van der Waals surface area contributed by atoms with E-state index in [1.807, 2.05) is 66.7 Å². The van der Waals surface area contributed by atoms with Crippen LogP contribution >= 0.6 is 0 Å². The molecule has 3 rings (SSSR count). The number of anilines is 1. The molecule has 1 N–H and O–H groups in total. The average molecular weight is 347 g/mol. The third-order valence-electron chi connectivity index (χ3n) is 3.99. The monoisotopic (exact) mass is 347 g/mol. The first-order valence-corrected chi connectivity index (χ1v) is 9.12. The van der Waals surface area contributed by atoms with E-state index >= 15 is 0 Å². The molecule has 3 heteroatoms. The lowest BCUT2D eigenvalue weighted by molar-refractivity contribution is 0.309. The first-order valence-electron chi connectivity index (χ1n) is 9.12. The molecule has 3 aromatic rings. The van der Waals surface area contributed by atoms with Crippen LogP contribution in [0.1, 0.15) is 25.3 Å². The van der Waals surface area contributed by atoms with Crippen LogP contribution in [0.15, 0.2) is 78.9 Å². The molecule has 0 aliphatic carbocycles. The Labute approximate surface area is 155 Å². The van der Waals surface area contributed by atoms with E-state index in [2.05, 4.69) is 24.4 Å². The number of hydrogen-bond acceptors (Lipinski definition) is 3. The van der Waals surface area contributed by atoms with Crippen molar-refractivity contribution in [3.8, 4) is 17.2 Å². The average Bonchev–Trinajstić information content (AvgIpc) is 2.69. The normalized spacial score (nSPS) is 10.3. The number of unbranched alkanes of at least 4 members (excludes halogenated alkanes) is 1. The van der Waals surface area contributed by atoms with Gasteiger partial charge < -0.3 is 14.8 Å². The number of para-hydroxylation sites is 1. The molecule has 0 saturated heterocycles. The molecule has 0 bridgehead atoms. The van der Waals surface area contributed by atoms with Gasteiger partial charge in [-0.3, -0.25) is 0 Å². The zero-order valence-corrected chi connectivity index (χ0v) is 15.2. The maximum absolute atomic E-state index is 5.81. The standard InChI is InChI=1S/C23H25NO2/c1-2-3-16-25-23-11-7-8-19(17-23)18-24-20-12-14-22(15-13-20)26-21-9-5-4-6-10-21/h4-15,17,24H,2-3,16,18H2,1H3. The van der Waals surface area contributed by atoms with Gasteiger partial charge >= 0.3 is 0 Å². The van der Waals surface area contributed by atoms with E-state index in [4.69, 9.17) is 9.47 Å². The Kier molecular flexibility index (Phi) is 6.54. The van der Waals surface area contributed by atoms with Crippen molar-refractivity contribution >= 4 is 5.69 Å². The van der Waals surface area contributed by atoms with Crippen molar-refractivity contribution in [3.63, 3.8) is 0 Å². The summed E-state index contributed by atoms with van der Waals surface area (Å²) in [5, 5.41) is 3.44. The zero-order chi connectivity index (χ0) is 18.0. The lowest BCUT2D eigenvalue weighted by atomic mass is 10.2. The summed E-state index contributed by atoms with van der Waals surface area (Å²) >= 11 is 0. The van der Waals surface area contributed by atoms with Crippen molar-refractivity contribution in [2.24, 2.45) is 0 Å². The van der Waals surface area contributed by atoms with Gasteiger partial charge in [0.15, 0.2) is 0 Å². The maximum atomic E-state index is 5.81. The van der Waals surface area contributed by atoms with Gasteiger partial charge in [-0.15, -0.1) is 0 Å². The van der Waals surface area contributed by atoms with Crippen molar-refractivity contribution < 1.29 is 9.47 Å². The second-order valence-corrected chi connectivity index (χ2v) is 6.14. The molecule has 0 fully saturated rings. The van der Waals surface area contributed by atoms with Gasteiger partial charge in [0.2, 0.25) is 0 Å². The second-order valence-electron chi connectivity index (χ2n) is 6.14. The smallest absolute Gasteiger partial charge is 0.127 e. The summed E-state index contributed by atoms with van der Waals surface area (Å²) in [5.74, 6) is 2.60. The van der Waals surface area contributed by atoms with E-state index < -0.39 is 0 Å². The molecule has 3 aromatic carbocycles. The van der Waals surface area contributed by atoms with Crippen LogP contribution in [0.5, 0.6) is 17.2 Å². The molecule has 3 nitrogen and oxygen atoms in total. The summed E-state index contributed by atoms with van der Waals surface area (Å²) in [6.45, 7) is 3.69. The number of ether oxygens (including phenoxy) is 2. The van der Waals surface area contributed by atoms with Crippen LogP contribution < -0.4 is 14.8 Å². The van der Waals surface area contributed by atoms with E-state index in [9.17, 15) is 0 Å². The van der Waals surface area contributed by atoms with Gasteiger partial charge in [0.25, 0.3) is 0 Å². The minimum absolute atomic E-state index is 0.754. The topological polar surface area (TPSA) is 30.5 Å². The number of benzene rings is 3. The van der Waals surface area contributed by atoms with Crippen molar-refractivity contribution in [1.82, 2.24) is 0 Å². The summed E-state index contributed by atoms with van der Waals surface area (Å²) in [7, 11) is 0. The molecule has 0 aliphatic rings. The third kappa shape index (κ3) is 5.55. The number of hydrogen-bond donors (Lipinski definition) is 1. The highest BCUT2D eigenvalue weighted by Gasteiger charge is 2.00. The fourth-order valence-electron chi connectivity index (χ4n) is 2.55. The van der Waals surface area contributed by atoms with Crippen LogP contribution in [0.2, 0.25) is 0 Å². The Balaban J connectivity index is 1.52. The van der Waals surface area contributed by atoms with E-state index in [1.54, 1.807) is 0 Å². The minimum Gasteiger partial charge on any atom is -0.494 e. The Morgan fingerprint density at radius 2 is 1.50 bits per heavy atom. The maximum Gasteiger partial charge on any atom is 0.127 e. The fourth-order valence-corrected chi connectivity index (χ4v) is 2.55. The molecule has 26 heavy (non-hydrogen) atoms. The molecule has 0 atom stereocenters. The van der Waals surface area contributed by atoms with Crippen LogP contribution in [0, 0.1) is 0 Å². The van der Waals surface area contributed by atoms with E-state index in [0.29, 0.717) is 0 Å². The molecule has 134 valence electrons. The molecule has 0 aliphatic heterocycles. The van der Waals surface area contributed by atoms with Gasteiger partial charge in [-0.2, -0.15) is 0 Å². The summed E-state index contributed by atoms with van der Waals surface area (Å²) < 4.78 is 11.6. The highest BCUT2D eigenvalue weighted by molar-refractivity contribution is 5.48. The van der Waals surface area contributed by atoms with Gasteiger partial charge in [-0.1, -0.05) is 43.7 Å². The minimum atomic E-state index is 0.754. The third-order valence-corrected chi connectivity index (χ3v) is 3.99. The first-order chi connectivity index (χ1) is 12.8. The highest BCUT2D eigenvalue weighted by Crippen LogP contribution is 2.23. The molecular weight excluding hydrogens is 322 g/mol. The Hall–Kier alpha value is -2.94. The van der Waals surface area contributed by atoms with Crippen LogP contribution in [0.25, 0.3) is 0 Å². The number of rotatable bonds is 9. The highest BCUT2D eigenvalue weighted by atomic mass is 16.5. The van der Waals surface area contributed by atoms with Crippen LogP contribution in [0.3, 0.4) is 0 Å². The quantitative estimate of drug-likeness (QED) is 0.463. The van der Waals surface area contributed by atoms with Crippen molar-refractivity contribution in [2.45, 2.75) is 26.3 Å². The van der Waals surface area contributed by atoms with Gasteiger partial charge in [0, 0.05) is 12.2 Å². The largest absolute Gasteiger partial charge is 0.494 e. The lowest BCUT2D eigenvalue weighted by Crippen LogP contribution is -2.01. The fraction of sp³-hybridized carbons (Fsp3) is 0.217. The Morgan fingerprint density at radius 1 is 0.769 bits per heavy atom. The second kappa shape index (κ2) is 9.52. The Morgan fingerprint density at radius 3 is 2.27 bits per heavy atom. The van der Waals surface area contributed by atoms with Gasteiger partial charge in [0.05, 0.1) is 6.61 Å². The Bertz CT molecular complexity index is 785. The van der Waals surface area contributed by atoms with E-state index in [1.165, 1.54) is 5.56 Å². The summed E-state index contributed by atoms with van der Waals surface area (Å²) in [6, 6.07) is 26.0. The molecule has 0 saturated carbocycles. The summed E-state index contributed by atoms with van der Waals surface area (Å²) in [6.07, 6.45) is 2.23. The van der Waals surface area contributed by atoms with Crippen LogP contribution in [-0.2, 0) is 6.54 Å². The zero-order valence-electron chi connectivity index (χ0n) is 15.2. The lowest BCUT2D eigenvalue weighted by Gasteiger charge is -2.10. The molecule has 0 radical (unpaired) electrons. The first kappa shape index (κ1) is 17.9. The van der Waals surface area contributed by atoms with Crippen molar-refractivity contribution in [1.29, 1.82) is 0 Å². The van der Waals surface area contributed by atoms with Gasteiger partial charge in [-0.25, -0.2) is 0 Å². The van der Waals surface area contributed by atoms with Crippen molar-refractivity contribution in [2.75, 3.05) is 11.9 Å². The molecule has 0 unspecified atom stereocenters. The SMILES string of the molecule is CCCCOc1cccc(CNc2ccc(Oc3ccccc3)cc2)c1. The predicted octanol–water partition coefficient (Wildman–Crippen LogP) is 6.27. The summed E-state index contributed by atoms with van der Waals surface area (Å²) in [4.78, 5) is 0. The molecular formula is C23H25NO2. The number of nitrogens with one attached hydrogen (secondary N) is 1. The van der Waals surface area contributed by atoms with Gasteiger partial charge in [0.1, 0.15) is 17.2 Å². The van der Waals surface area contributed by atoms with E-state index in [0.717, 1.165) is 48.9 Å². The van der Waals surface area contributed by atoms with Crippen LogP contribution in [0.4, 0.5) is 5.69 Å². The summed E-state index contributed by atoms with van der Waals surface area (Å²) in [5.41, 5.74) is 2.26. The van der Waals surface area contributed by atoms with Gasteiger partial charge in [-0.05, 0) is 60.5 Å². The predicted molar refractivity (Wildman–Crippen MR) is 107 cm³/mol. The molecule has 0 aromatic heterocycles. The van der Waals surface area contributed by atoms with E-state index in [-0.39, 0.29) is 0 Å². The van der Waals surface area contributed by atoms with Crippen molar-refractivity contribution in [3.05, 3.63) is 84.4 Å². The molecule has 0 heterocycles. The molecule has 0 amide bonds.